The number of aromatic nitrogens is 2. The lowest BCUT2D eigenvalue weighted by Gasteiger charge is -2.31. The van der Waals surface area contributed by atoms with E-state index < -0.39 is 12.1 Å². The maximum absolute atomic E-state index is 12.5. The Balaban J connectivity index is 1.63. The van der Waals surface area contributed by atoms with Crippen LogP contribution in [0.2, 0.25) is 0 Å². The van der Waals surface area contributed by atoms with Gasteiger partial charge in [-0.05, 0) is 38.3 Å². The summed E-state index contributed by atoms with van der Waals surface area (Å²) in [5.74, 6) is -1.07. The van der Waals surface area contributed by atoms with Crippen LogP contribution in [0.3, 0.4) is 0 Å². The van der Waals surface area contributed by atoms with Crippen LogP contribution < -0.4 is 0 Å². The van der Waals surface area contributed by atoms with Gasteiger partial charge in [-0.3, -0.25) is 9.48 Å². The SMILES string of the molecule is Cc1ccc(Cn2nc(C)c(CCC(=O)N3CCO[C@H](C(=O)O)C3)c2C)cc1. The molecule has 7 nitrogen and oxygen atoms in total. The number of carboxylic acids is 1. The van der Waals surface area contributed by atoms with Gasteiger partial charge in [0.1, 0.15) is 0 Å². The predicted molar refractivity (Wildman–Crippen MR) is 104 cm³/mol. The molecular weight excluding hydrogens is 358 g/mol. The van der Waals surface area contributed by atoms with Gasteiger partial charge in [-0.15, -0.1) is 0 Å². The van der Waals surface area contributed by atoms with E-state index in [9.17, 15) is 9.59 Å². The second-order valence-corrected chi connectivity index (χ2v) is 7.33. The van der Waals surface area contributed by atoms with Gasteiger partial charge in [-0.1, -0.05) is 29.8 Å². The zero-order chi connectivity index (χ0) is 20.3. The van der Waals surface area contributed by atoms with Gasteiger partial charge in [-0.25, -0.2) is 4.79 Å². The highest BCUT2D eigenvalue weighted by atomic mass is 16.5. The molecule has 0 unspecified atom stereocenters. The smallest absolute Gasteiger partial charge is 0.334 e. The lowest BCUT2D eigenvalue weighted by atomic mass is 10.1. The average molecular weight is 385 g/mol. The van der Waals surface area contributed by atoms with Crippen LogP contribution in [0.5, 0.6) is 0 Å². The number of rotatable bonds is 6. The molecule has 3 rings (SSSR count). The molecule has 1 aromatic carbocycles. The Morgan fingerprint density at radius 3 is 2.61 bits per heavy atom. The number of carbonyl (C=O) groups excluding carboxylic acids is 1. The Labute approximate surface area is 164 Å². The molecule has 2 aromatic rings. The predicted octanol–water partition coefficient (Wildman–Crippen LogP) is 2.10. The fourth-order valence-corrected chi connectivity index (χ4v) is 3.53. The third-order valence-corrected chi connectivity index (χ3v) is 5.27. The molecule has 150 valence electrons. The minimum Gasteiger partial charge on any atom is -0.479 e. The van der Waals surface area contributed by atoms with E-state index in [0.29, 0.717) is 25.9 Å². The summed E-state index contributed by atoms with van der Waals surface area (Å²) >= 11 is 0. The van der Waals surface area contributed by atoms with Gasteiger partial charge in [0.2, 0.25) is 5.91 Å². The molecule has 1 aliphatic heterocycles. The number of hydrogen-bond donors (Lipinski definition) is 1. The first-order valence-electron chi connectivity index (χ1n) is 9.55. The molecule has 0 radical (unpaired) electrons. The summed E-state index contributed by atoms with van der Waals surface area (Å²) < 4.78 is 7.16. The standard InChI is InChI=1S/C21H27N3O4/c1-14-4-6-17(7-5-14)12-24-16(3)18(15(2)22-24)8-9-20(25)23-10-11-28-19(13-23)21(26)27/h4-7,19H,8-13H2,1-3H3,(H,26,27)/t19-/m0/s1. The molecule has 1 N–H and O–H groups in total. The lowest BCUT2D eigenvalue weighted by Crippen LogP contribution is -2.48. The molecule has 1 aromatic heterocycles. The first kappa shape index (κ1) is 20.1. The zero-order valence-electron chi connectivity index (χ0n) is 16.6. The van der Waals surface area contributed by atoms with Gasteiger partial charge < -0.3 is 14.7 Å². The molecule has 7 heteroatoms. The van der Waals surface area contributed by atoms with E-state index in [0.717, 1.165) is 17.0 Å². The van der Waals surface area contributed by atoms with E-state index in [1.54, 1.807) is 4.90 Å². The van der Waals surface area contributed by atoms with Crippen LogP contribution in [-0.2, 0) is 27.3 Å². The number of amides is 1. The van der Waals surface area contributed by atoms with E-state index in [4.69, 9.17) is 9.84 Å². The molecule has 0 spiro atoms. The van der Waals surface area contributed by atoms with E-state index in [1.165, 1.54) is 11.1 Å². The monoisotopic (exact) mass is 385 g/mol. The highest BCUT2D eigenvalue weighted by molar-refractivity contribution is 5.79. The normalized spacial score (nSPS) is 17.0. The van der Waals surface area contributed by atoms with E-state index in [1.807, 2.05) is 18.5 Å². The molecule has 1 aliphatic rings. The number of carbonyl (C=O) groups is 2. The van der Waals surface area contributed by atoms with Crippen molar-refractivity contribution in [2.75, 3.05) is 19.7 Å². The summed E-state index contributed by atoms with van der Waals surface area (Å²) in [4.78, 5) is 25.2. The maximum atomic E-state index is 12.5. The first-order valence-corrected chi connectivity index (χ1v) is 9.55. The number of aliphatic carboxylic acids is 1. The zero-order valence-corrected chi connectivity index (χ0v) is 16.6. The maximum Gasteiger partial charge on any atom is 0.334 e. The summed E-state index contributed by atoms with van der Waals surface area (Å²) in [6.07, 6.45) is 0.00226. The number of hydrogen-bond acceptors (Lipinski definition) is 4. The fraction of sp³-hybridized carbons (Fsp3) is 0.476. The Morgan fingerprint density at radius 1 is 1.21 bits per heavy atom. The average Bonchev–Trinajstić information content (AvgIpc) is 2.94. The summed E-state index contributed by atoms with van der Waals surface area (Å²) in [6, 6.07) is 8.39. The second-order valence-electron chi connectivity index (χ2n) is 7.33. The molecule has 1 saturated heterocycles. The van der Waals surface area contributed by atoms with Crippen molar-refractivity contribution in [1.29, 1.82) is 0 Å². The first-order chi connectivity index (χ1) is 13.3. The molecule has 1 atom stereocenters. The van der Waals surface area contributed by atoms with Gasteiger partial charge >= 0.3 is 5.97 Å². The van der Waals surface area contributed by atoms with Gasteiger partial charge in [0.25, 0.3) is 0 Å². The topological polar surface area (TPSA) is 84.7 Å². The van der Waals surface area contributed by atoms with Crippen LogP contribution in [0.1, 0.15) is 34.5 Å². The van der Waals surface area contributed by atoms with E-state index >= 15 is 0 Å². The number of aryl methyl sites for hydroxylation is 2. The Bertz CT molecular complexity index is 857. The molecular formula is C21H27N3O4. The lowest BCUT2D eigenvalue weighted by molar-refractivity contribution is -0.159. The fourth-order valence-electron chi connectivity index (χ4n) is 3.53. The molecule has 0 saturated carbocycles. The minimum absolute atomic E-state index is 0.0420. The van der Waals surface area contributed by atoms with Crippen molar-refractivity contribution in [2.24, 2.45) is 0 Å². The van der Waals surface area contributed by atoms with Crippen molar-refractivity contribution in [3.05, 3.63) is 52.3 Å². The van der Waals surface area contributed by atoms with Crippen molar-refractivity contribution >= 4 is 11.9 Å². The molecule has 1 fully saturated rings. The summed E-state index contributed by atoms with van der Waals surface area (Å²) in [5.41, 5.74) is 5.50. The Hall–Kier alpha value is -2.67. The highest BCUT2D eigenvalue weighted by Crippen LogP contribution is 2.18. The van der Waals surface area contributed by atoms with E-state index in [-0.39, 0.29) is 19.1 Å². The van der Waals surface area contributed by atoms with Crippen LogP contribution in [0, 0.1) is 20.8 Å². The molecule has 0 aliphatic carbocycles. The molecule has 2 heterocycles. The van der Waals surface area contributed by atoms with Crippen LogP contribution >= 0.6 is 0 Å². The third-order valence-electron chi connectivity index (χ3n) is 5.27. The highest BCUT2D eigenvalue weighted by Gasteiger charge is 2.29. The van der Waals surface area contributed by atoms with Crippen molar-refractivity contribution in [2.45, 2.75) is 46.3 Å². The van der Waals surface area contributed by atoms with Crippen LogP contribution in [0.4, 0.5) is 0 Å². The minimum atomic E-state index is -1.03. The largest absolute Gasteiger partial charge is 0.479 e. The summed E-state index contributed by atoms with van der Waals surface area (Å²) in [6.45, 7) is 7.57. The number of ether oxygens (including phenoxy) is 1. The van der Waals surface area contributed by atoms with Crippen molar-refractivity contribution in [3.8, 4) is 0 Å². The van der Waals surface area contributed by atoms with Gasteiger partial charge in [0.05, 0.1) is 25.4 Å². The van der Waals surface area contributed by atoms with Crippen LogP contribution in [0.15, 0.2) is 24.3 Å². The quantitative estimate of drug-likeness (QED) is 0.823. The van der Waals surface area contributed by atoms with Crippen molar-refractivity contribution in [3.63, 3.8) is 0 Å². The Kier molecular flexibility index (Phi) is 6.14. The molecule has 0 bridgehead atoms. The second kappa shape index (κ2) is 8.56. The molecule has 28 heavy (non-hydrogen) atoms. The molecule has 1 amide bonds. The van der Waals surface area contributed by atoms with Gasteiger partial charge in [0.15, 0.2) is 6.10 Å². The third kappa shape index (κ3) is 4.59. The number of morpholine rings is 1. The van der Waals surface area contributed by atoms with Gasteiger partial charge in [0, 0.05) is 18.7 Å². The number of nitrogens with zero attached hydrogens (tertiary/aromatic N) is 3. The van der Waals surface area contributed by atoms with E-state index in [2.05, 4.69) is 36.3 Å². The summed E-state index contributed by atoms with van der Waals surface area (Å²) in [5, 5.41) is 13.7. The summed E-state index contributed by atoms with van der Waals surface area (Å²) in [7, 11) is 0. The number of carboxylic acid groups (broad SMARTS) is 1. The number of benzene rings is 1. The van der Waals surface area contributed by atoms with Crippen molar-refractivity contribution in [1.82, 2.24) is 14.7 Å². The van der Waals surface area contributed by atoms with Crippen LogP contribution in [-0.4, -0.2) is 57.5 Å². The Morgan fingerprint density at radius 2 is 1.93 bits per heavy atom. The van der Waals surface area contributed by atoms with Gasteiger partial charge in [-0.2, -0.15) is 5.10 Å². The van der Waals surface area contributed by atoms with Crippen LogP contribution in [0.25, 0.3) is 0 Å². The van der Waals surface area contributed by atoms with Crippen molar-refractivity contribution < 1.29 is 19.4 Å².